The molecule has 0 radical (unpaired) electrons. The molecular formula is C31H41N5O6. The van der Waals surface area contributed by atoms with Gasteiger partial charge in [-0.2, -0.15) is 0 Å². The lowest BCUT2D eigenvalue weighted by atomic mass is 9.70. The lowest BCUT2D eigenvalue weighted by molar-refractivity contribution is -0.152. The number of carbonyl (C=O) groups excluding carboxylic acids is 3. The number of likely N-dealkylation sites (tertiary alicyclic amines) is 2. The summed E-state index contributed by atoms with van der Waals surface area (Å²) in [5.74, 6) is -0.684. The Kier molecular flexibility index (Phi) is 7.16. The zero-order chi connectivity index (χ0) is 29.9. The SMILES string of the molecule is CC(C)(O)C(NC(=O)[C@@H]1CN(C(=O)c2cnco2)CC12CN(C(=O)[C@H]1CC1(C)C)C2)c1cccc(C2CCOCC2)n1. The van der Waals surface area contributed by atoms with E-state index in [0.717, 1.165) is 25.0 Å². The summed E-state index contributed by atoms with van der Waals surface area (Å²) in [7, 11) is 0. The number of rotatable bonds is 7. The zero-order valence-electron chi connectivity index (χ0n) is 24.8. The fraction of sp³-hybridized carbons (Fsp3) is 0.645. The number of pyridine rings is 1. The van der Waals surface area contributed by atoms with Crippen molar-refractivity contribution in [1.29, 1.82) is 0 Å². The van der Waals surface area contributed by atoms with Crippen molar-refractivity contribution in [1.82, 2.24) is 25.1 Å². The molecule has 226 valence electrons. The Hall–Kier alpha value is -3.31. The first-order valence-electron chi connectivity index (χ1n) is 14.9. The van der Waals surface area contributed by atoms with Crippen LogP contribution < -0.4 is 5.32 Å². The van der Waals surface area contributed by atoms with Crippen molar-refractivity contribution in [3.63, 3.8) is 0 Å². The van der Waals surface area contributed by atoms with Gasteiger partial charge < -0.3 is 29.4 Å². The standard InChI is InChI=1S/C31H41N5O6/c1-29(2)12-20(29)27(38)36-16-31(17-36)15-35(28(39)24-13-32-18-42-24)14-21(31)26(37)34-25(30(3,4)40)23-7-5-6-22(33-23)19-8-10-41-11-9-19/h5-7,13,18-21,25,40H,8-12,14-17H2,1-4H3,(H,34,37)/t20-,21+,25?/m1/s1. The molecule has 4 aliphatic rings. The molecule has 3 amide bonds. The van der Waals surface area contributed by atoms with Crippen molar-refractivity contribution in [3.8, 4) is 0 Å². The number of hydrogen-bond acceptors (Lipinski definition) is 8. The molecule has 3 aliphatic heterocycles. The molecular weight excluding hydrogens is 538 g/mol. The Morgan fingerprint density at radius 3 is 2.40 bits per heavy atom. The van der Waals surface area contributed by atoms with Gasteiger partial charge in [-0.3, -0.25) is 19.4 Å². The van der Waals surface area contributed by atoms with E-state index in [9.17, 15) is 19.5 Å². The first-order valence-corrected chi connectivity index (χ1v) is 14.9. The fourth-order valence-corrected chi connectivity index (χ4v) is 6.97. The molecule has 3 atom stereocenters. The van der Waals surface area contributed by atoms with Gasteiger partial charge in [-0.05, 0) is 50.7 Å². The van der Waals surface area contributed by atoms with Gasteiger partial charge in [0.15, 0.2) is 6.39 Å². The molecule has 1 spiro atoms. The van der Waals surface area contributed by atoms with Gasteiger partial charge in [-0.1, -0.05) is 19.9 Å². The van der Waals surface area contributed by atoms with Crippen molar-refractivity contribution in [2.75, 3.05) is 39.4 Å². The molecule has 2 N–H and O–H groups in total. The second-order valence-corrected chi connectivity index (χ2v) is 13.9. The van der Waals surface area contributed by atoms with Crippen LogP contribution in [0.3, 0.4) is 0 Å². The highest BCUT2D eigenvalue weighted by Crippen LogP contribution is 2.54. The van der Waals surface area contributed by atoms with Crippen LogP contribution in [0, 0.1) is 22.7 Å². The number of carbonyl (C=O) groups is 3. The Morgan fingerprint density at radius 2 is 1.79 bits per heavy atom. The van der Waals surface area contributed by atoms with E-state index in [4.69, 9.17) is 14.1 Å². The maximum absolute atomic E-state index is 14.1. The van der Waals surface area contributed by atoms with E-state index in [-0.39, 0.29) is 47.3 Å². The molecule has 11 heteroatoms. The van der Waals surface area contributed by atoms with Crippen LogP contribution in [0.15, 0.2) is 35.2 Å². The van der Waals surface area contributed by atoms with Crippen LogP contribution in [0.25, 0.3) is 0 Å². The summed E-state index contributed by atoms with van der Waals surface area (Å²) in [6, 6.07) is 4.97. The molecule has 0 aromatic carbocycles. The molecule has 11 nitrogen and oxygen atoms in total. The summed E-state index contributed by atoms with van der Waals surface area (Å²) in [5, 5.41) is 14.3. The quantitative estimate of drug-likeness (QED) is 0.511. The molecule has 6 rings (SSSR count). The smallest absolute Gasteiger partial charge is 0.291 e. The van der Waals surface area contributed by atoms with Crippen molar-refractivity contribution < 1.29 is 28.6 Å². The van der Waals surface area contributed by atoms with Crippen LogP contribution >= 0.6 is 0 Å². The van der Waals surface area contributed by atoms with Crippen molar-refractivity contribution in [2.45, 2.75) is 64.5 Å². The van der Waals surface area contributed by atoms with Gasteiger partial charge >= 0.3 is 0 Å². The van der Waals surface area contributed by atoms with Gasteiger partial charge in [0.25, 0.3) is 5.91 Å². The molecule has 1 aliphatic carbocycles. The second kappa shape index (κ2) is 10.4. The number of amides is 3. The molecule has 1 unspecified atom stereocenters. The highest BCUT2D eigenvalue weighted by Gasteiger charge is 2.62. The van der Waals surface area contributed by atoms with E-state index in [1.165, 1.54) is 12.6 Å². The zero-order valence-corrected chi connectivity index (χ0v) is 24.8. The molecule has 3 saturated heterocycles. The van der Waals surface area contributed by atoms with Crippen LogP contribution in [0.1, 0.15) is 80.9 Å². The Bertz CT molecular complexity index is 1340. The number of nitrogens with one attached hydrogen (secondary N) is 1. The van der Waals surface area contributed by atoms with E-state index < -0.39 is 23.0 Å². The minimum absolute atomic E-state index is 0.00380. The summed E-state index contributed by atoms with van der Waals surface area (Å²) in [4.78, 5) is 52.7. The molecule has 5 heterocycles. The molecule has 2 aromatic rings. The Balaban J connectivity index is 1.23. The van der Waals surface area contributed by atoms with E-state index in [2.05, 4.69) is 24.1 Å². The summed E-state index contributed by atoms with van der Waals surface area (Å²) in [6.07, 6.45) is 5.20. The van der Waals surface area contributed by atoms with Gasteiger partial charge in [0.2, 0.25) is 17.6 Å². The summed E-state index contributed by atoms with van der Waals surface area (Å²) >= 11 is 0. The van der Waals surface area contributed by atoms with E-state index in [1.807, 2.05) is 23.1 Å². The Labute approximate surface area is 246 Å². The van der Waals surface area contributed by atoms with Crippen molar-refractivity contribution in [2.24, 2.45) is 22.7 Å². The highest BCUT2D eigenvalue weighted by molar-refractivity contribution is 5.93. The summed E-state index contributed by atoms with van der Waals surface area (Å²) in [5.41, 5.74) is -0.376. The Morgan fingerprint density at radius 1 is 1.10 bits per heavy atom. The number of oxazole rings is 1. The molecule has 0 bridgehead atoms. The minimum atomic E-state index is -1.31. The second-order valence-electron chi connectivity index (χ2n) is 13.9. The number of aromatic nitrogens is 2. The lowest BCUT2D eigenvalue weighted by Crippen LogP contribution is -2.64. The minimum Gasteiger partial charge on any atom is -0.438 e. The molecule has 1 saturated carbocycles. The first kappa shape index (κ1) is 28.8. The monoisotopic (exact) mass is 579 g/mol. The maximum Gasteiger partial charge on any atom is 0.291 e. The largest absolute Gasteiger partial charge is 0.438 e. The topological polar surface area (TPSA) is 138 Å². The van der Waals surface area contributed by atoms with Crippen LogP contribution in [0.5, 0.6) is 0 Å². The van der Waals surface area contributed by atoms with Crippen LogP contribution in [0.4, 0.5) is 0 Å². The third-order valence-electron chi connectivity index (χ3n) is 9.75. The van der Waals surface area contributed by atoms with Crippen LogP contribution in [-0.4, -0.2) is 87.6 Å². The van der Waals surface area contributed by atoms with E-state index in [0.29, 0.717) is 38.5 Å². The summed E-state index contributed by atoms with van der Waals surface area (Å²) in [6.45, 7) is 10.2. The van der Waals surface area contributed by atoms with Gasteiger partial charge in [0.05, 0.1) is 29.5 Å². The van der Waals surface area contributed by atoms with Gasteiger partial charge in [0.1, 0.15) is 0 Å². The average molecular weight is 580 g/mol. The van der Waals surface area contributed by atoms with E-state index in [1.54, 1.807) is 18.7 Å². The maximum atomic E-state index is 14.1. The third kappa shape index (κ3) is 5.32. The number of hydrogen-bond donors (Lipinski definition) is 2. The van der Waals surface area contributed by atoms with Crippen molar-refractivity contribution in [3.05, 3.63) is 47.9 Å². The molecule has 42 heavy (non-hydrogen) atoms. The van der Waals surface area contributed by atoms with Gasteiger partial charge in [-0.25, -0.2) is 4.98 Å². The van der Waals surface area contributed by atoms with E-state index >= 15 is 0 Å². The third-order valence-corrected chi connectivity index (χ3v) is 9.75. The van der Waals surface area contributed by atoms with Gasteiger partial charge in [0, 0.05) is 62.3 Å². The fourth-order valence-electron chi connectivity index (χ4n) is 6.97. The summed E-state index contributed by atoms with van der Waals surface area (Å²) < 4.78 is 10.8. The number of aliphatic hydroxyl groups is 1. The highest BCUT2D eigenvalue weighted by atomic mass is 16.5. The number of ether oxygens (including phenoxy) is 1. The lowest BCUT2D eigenvalue weighted by Gasteiger charge is -2.50. The predicted octanol–water partition coefficient (Wildman–Crippen LogP) is 2.54. The molecule has 4 fully saturated rings. The average Bonchev–Trinajstić information content (AvgIpc) is 3.32. The van der Waals surface area contributed by atoms with Crippen LogP contribution in [0.2, 0.25) is 0 Å². The van der Waals surface area contributed by atoms with Gasteiger partial charge in [-0.15, -0.1) is 0 Å². The molecule has 2 aromatic heterocycles. The predicted molar refractivity (Wildman–Crippen MR) is 151 cm³/mol. The number of nitrogens with zero attached hydrogens (tertiary/aromatic N) is 4. The first-order chi connectivity index (χ1) is 19.9. The van der Waals surface area contributed by atoms with Crippen LogP contribution in [-0.2, 0) is 14.3 Å². The van der Waals surface area contributed by atoms with Crippen molar-refractivity contribution >= 4 is 17.7 Å². The normalized spacial score (nSPS) is 25.6.